The molecule has 0 atom stereocenters. The van der Waals surface area contributed by atoms with Gasteiger partial charge in [-0.1, -0.05) is 0 Å². The molecular formula is C14H18N4O7. The van der Waals surface area contributed by atoms with E-state index in [1.54, 1.807) is 0 Å². The summed E-state index contributed by atoms with van der Waals surface area (Å²) in [6.45, 7) is 0. The van der Waals surface area contributed by atoms with E-state index in [0.717, 1.165) is 14.2 Å². The number of rotatable bonds is 4. The van der Waals surface area contributed by atoms with Crippen LogP contribution in [-0.2, 0) is 9.47 Å². The molecule has 0 aliphatic carbocycles. The minimum absolute atomic E-state index is 0.185. The largest absolute Gasteiger partial charge is 0.497 e. The van der Waals surface area contributed by atoms with Gasteiger partial charge in [0.1, 0.15) is 11.5 Å². The number of carbonyl (C=O) groups is 3. The zero-order chi connectivity index (χ0) is 18.6. The average molecular weight is 354 g/mol. The first-order chi connectivity index (χ1) is 11.9. The number of ether oxygens (including phenoxy) is 4. The molecule has 11 heteroatoms. The van der Waals surface area contributed by atoms with Crippen LogP contribution in [0.25, 0.3) is 0 Å². The molecular weight excluding hydrogens is 336 g/mol. The molecule has 25 heavy (non-hydrogen) atoms. The number of anilines is 1. The molecule has 2 rings (SSSR count). The van der Waals surface area contributed by atoms with Gasteiger partial charge >= 0.3 is 12.2 Å². The molecule has 1 heterocycles. The summed E-state index contributed by atoms with van der Waals surface area (Å²) in [4.78, 5) is 35.9. The van der Waals surface area contributed by atoms with Crippen molar-refractivity contribution >= 4 is 23.8 Å². The van der Waals surface area contributed by atoms with Gasteiger partial charge in [-0.15, -0.1) is 0 Å². The van der Waals surface area contributed by atoms with E-state index in [9.17, 15) is 14.4 Å². The molecule has 1 aromatic rings. The summed E-state index contributed by atoms with van der Waals surface area (Å²) in [6, 6.07) is 3.01. The molecule has 0 saturated carbocycles. The molecule has 1 aliphatic rings. The Bertz CT molecular complexity index is 689. The number of amides is 3. The molecule has 11 nitrogen and oxygen atoms in total. The van der Waals surface area contributed by atoms with Crippen molar-refractivity contribution in [2.75, 3.05) is 33.8 Å². The van der Waals surface area contributed by atoms with E-state index in [2.05, 4.69) is 30.7 Å². The molecule has 3 amide bonds. The van der Waals surface area contributed by atoms with Crippen molar-refractivity contribution in [3.05, 3.63) is 17.7 Å². The van der Waals surface area contributed by atoms with Gasteiger partial charge in [0.2, 0.25) is 0 Å². The Morgan fingerprint density at radius 3 is 2.04 bits per heavy atom. The van der Waals surface area contributed by atoms with E-state index in [1.165, 1.54) is 26.4 Å². The first-order valence-corrected chi connectivity index (χ1v) is 6.97. The fraction of sp³-hybridized carbons (Fsp3) is 0.357. The smallest absolute Gasteiger partial charge is 0.411 e. The number of hydrogen-bond donors (Lipinski definition) is 4. The molecule has 0 fully saturated rings. The predicted octanol–water partition coefficient (Wildman–Crippen LogP) is 0.182. The maximum atomic E-state index is 12.5. The quantitative estimate of drug-likeness (QED) is 0.562. The number of alkyl carbamates (subject to hydrolysis) is 2. The highest BCUT2D eigenvalue weighted by atomic mass is 16.5. The van der Waals surface area contributed by atoms with Crippen LogP contribution in [-0.4, -0.2) is 52.4 Å². The summed E-state index contributed by atoms with van der Waals surface area (Å²) in [6.07, 6.45) is -1.83. The van der Waals surface area contributed by atoms with Crippen LogP contribution in [0.15, 0.2) is 12.1 Å². The third kappa shape index (κ3) is 3.59. The van der Waals surface area contributed by atoms with E-state index >= 15 is 0 Å². The second kappa shape index (κ2) is 7.03. The SMILES string of the molecule is COC(=O)NC1(NC(=O)OC)NC(=O)c2cc(OC)cc(OC)c2N1. The summed E-state index contributed by atoms with van der Waals surface area (Å²) in [5, 5.41) is 9.83. The van der Waals surface area contributed by atoms with Gasteiger partial charge in [-0.3, -0.25) is 20.7 Å². The predicted molar refractivity (Wildman–Crippen MR) is 84.4 cm³/mol. The highest BCUT2D eigenvalue weighted by molar-refractivity contribution is 6.04. The topological polar surface area (TPSA) is 136 Å². The third-order valence-corrected chi connectivity index (χ3v) is 3.34. The summed E-state index contributed by atoms with van der Waals surface area (Å²) >= 11 is 0. The zero-order valence-electron chi connectivity index (χ0n) is 14.0. The van der Waals surface area contributed by atoms with Crippen LogP contribution in [0.2, 0.25) is 0 Å². The maximum Gasteiger partial charge on any atom is 0.411 e. The average Bonchev–Trinajstić information content (AvgIpc) is 2.60. The Kier molecular flexibility index (Phi) is 5.05. The van der Waals surface area contributed by atoms with Crippen LogP contribution >= 0.6 is 0 Å². The summed E-state index contributed by atoms with van der Waals surface area (Å²) in [7, 11) is 5.10. The lowest BCUT2D eigenvalue weighted by molar-refractivity contribution is 0.0827. The number of nitrogens with one attached hydrogen (secondary N) is 4. The lowest BCUT2D eigenvalue weighted by Crippen LogP contribution is -2.76. The Hall–Kier alpha value is -3.37. The van der Waals surface area contributed by atoms with Crippen LogP contribution in [0.3, 0.4) is 0 Å². The van der Waals surface area contributed by atoms with Crippen molar-refractivity contribution in [3.63, 3.8) is 0 Å². The highest BCUT2D eigenvalue weighted by Crippen LogP contribution is 2.36. The van der Waals surface area contributed by atoms with Crippen molar-refractivity contribution < 1.29 is 33.3 Å². The van der Waals surface area contributed by atoms with Gasteiger partial charge < -0.3 is 24.3 Å². The van der Waals surface area contributed by atoms with E-state index in [0.29, 0.717) is 5.75 Å². The summed E-state index contributed by atoms with van der Waals surface area (Å²) in [5.41, 5.74) is 0.407. The molecule has 1 aromatic carbocycles. The number of carbonyl (C=O) groups excluding carboxylic acids is 3. The van der Waals surface area contributed by atoms with Crippen molar-refractivity contribution in [1.29, 1.82) is 0 Å². The zero-order valence-corrected chi connectivity index (χ0v) is 14.0. The van der Waals surface area contributed by atoms with Crippen molar-refractivity contribution in [3.8, 4) is 11.5 Å². The molecule has 0 spiro atoms. The summed E-state index contributed by atoms with van der Waals surface area (Å²) in [5.74, 6) is -1.86. The molecule has 0 unspecified atom stereocenters. The minimum Gasteiger partial charge on any atom is -0.497 e. The standard InChI is InChI=1S/C14H18N4O7/c1-22-7-5-8-10(9(6-7)23-2)15-14(16-11(8)19,17-12(20)24-3)18-13(21)25-4/h5-6,15H,1-4H3,(H,16,19)(H,17,20)(H,18,21). The van der Waals surface area contributed by atoms with Gasteiger partial charge in [-0.05, 0) is 6.07 Å². The number of fused-ring (bicyclic) bond motifs is 1. The Morgan fingerprint density at radius 2 is 1.56 bits per heavy atom. The van der Waals surface area contributed by atoms with Crippen LogP contribution in [0, 0.1) is 0 Å². The number of methoxy groups -OCH3 is 4. The number of hydrogen-bond acceptors (Lipinski definition) is 8. The molecule has 0 bridgehead atoms. The van der Waals surface area contributed by atoms with Crippen LogP contribution in [0.4, 0.5) is 15.3 Å². The van der Waals surface area contributed by atoms with E-state index in [1.807, 2.05) is 0 Å². The Balaban J connectivity index is 2.51. The normalized spacial score (nSPS) is 14.2. The molecule has 1 aliphatic heterocycles. The van der Waals surface area contributed by atoms with Crippen LogP contribution in [0.1, 0.15) is 10.4 Å². The van der Waals surface area contributed by atoms with Crippen molar-refractivity contribution in [2.45, 2.75) is 5.91 Å². The van der Waals surface area contributed by atoms with Gasteiger partial charge in [-0.2, -0.15) is 0 Å². The highest BCUT2D eigenvalue weighted by Gasteiger charge is 2.43. The Morgan fingerprint density at radius 1 is 0.960 bits per heavy atom. The van der Waals surface area contributed by atoms with Gasteiger partial charge in [0.15, 0.2) is 0 Å². The third-order valence-electron chi connectivity index (χ3n) is 3.34. The van der Waals surface area contributed by atoms with E-state index in [-0.39, 0.29) is 17.0 Å². The monoisotopic (exact) mass is 354 g/mol. The molecule has 4 N–H and O–H groups in total. The maximum absolute atomic E-state index is 12.5. The van der Waals surface area contributed by atoms with Crippen LogP contribution < -0.4 is 30.7 Å². The fourth-order valence-corrected chi connectivity index (χ4v) is 2.20. The number of benzene rings is 1. The lowest BCUT2D eigenvalue weighted by atomic mass is 10.1. The molecule has 0 aromatic heterocycles. The first-order valence-electron chi connectivity index (χ1n) is 6.97. The van der Waals surface area contributed by atoms with Gasteiger partial charge in [0.05, 0.1) is 39.7 Å². The second-order valence-corrected chi connectivity index (χ2v) is 4.81. The van der Waals surface area contributed by atoms with Crippen molar-refractivity contribution in [2.24, 2.45) is 0 Å². The minimum atomic E-state index is -1.90. The second-order valence-electron chi connectivity index (χ2n) is 4.81. The van der Waals surface area contributed by atoms with Gasteiger partial charge in [0, 0.05) is 6.07 Å². The van der Waals surface area contributed by atoms with E-state index in [4.69, 9.17) is 9.47 Å². The summed E-state index contributed by atoms with van der Waals surface area (Å²) < 4.78 is 19.4. The molecule has 136 valence electrons. The molecule has 0 radical (unpaired) electrons. The van der Waals surface area contributed by atoms with Crippen LogP contribution in [0.5, 0.6) is 11.5 Å². The molecule has 0 saturated heterocycles. The van der Waals surface area contributed by atoms with Gasteiger partial charge in [-0.25, -0.2) is 9.59 Å². The van der Waals surface area contributed by atoms with Gasteiger partial charge in [0.25, 0.3) is 11.8 Å². The van der Waals surface area contributed by atoms with E-state index < -0.39 is 24.0 Å². The first kappa shape index (κ1) is 18.0. The lowest BCUT2D eigenvalue weighted by Gasteiger charge is -2.40. The van der Waals surface area contributed by atoms with Crippen molar-refractivity contribution in [1.82, 2.24) is 16.0 Å². The fourth-order valence-electron chi connectivity index (χ4n) is 2.20. The Labute approximate surface area is 142 Å².